The Labute approximate surface area is 101 Å². The lowest BCUT2D eigenvalue weighted by atomic mass is 10.2. The molecule has 0 saturated carbocycles. The average Bonchev–Trinajstić information content (AvgIpc) is 2.34. The van der Waals surface area contributed by atoms with Crippen molar-refractivity contribution < 1.29 is 13.9 Å². The van der Waals surface area contributed by atoms with E-state index in [1.165, 1.54) is 7.11 Å². The van der Waals surface area contributed by atoms with Crippen LogP contribution in [0.2, 0.25) is 0 Å². The molecule has 0 radical (unpaired) electrons. The number of aromatic nitrogens is 1. The van der Waals surface area contributed by atoms with Crippen molar-refractivity contribution >= 4 is 16.9 Å². The molecule has 1 aromatic carbocycles. The van der Waals surface area contributed by atoms with Gasteiger partial charge in [-0.1, -0.05) is 11.6 Å². The molecule has 0 bridgehead atoms. The molecule has 6 nitrogen and oxygen atoms in total. The highest BCUT2D eigenvalue weighted by atomic mass is 16.5. The SMILES string of the molecule is COC(=O)Cn1c(=O)oc(=O)c2cc(C)ccc21. The molecule has 0 aliphatic heterocycles. The standard InChI is InChI=1S/C12H11NO5/c1-7-3-4-9-8(5-7)11(15)18-12(16)13(9)6-10(14)17-2/h3-5H,6H2,1-2H3. The number of hydrogen-bond donors (Lipinski definition) is 0. The highest BCUT2D eigenvalue weighted by Gasteiger charge is 2.12. The van der Waals surface area contributed by atoms with Crippen LogP contribution in [-0.2, 0) is 16.1 Å². The van der Waals surface area contributed by atoms with E-state index in [2.05, 4.69) is 9.15 Å². The molecule has 2 rings (SSSR count). The molecule has 6 heteroatoms. The molecule has 18 heavy (non-hydrogen) atoms. The molecule has 94 valence electrons. The average molecular weight is 249 g/mol. The van der Waals surface area contributed by atoms with E-state index in [1.807, 2.05) is 6.92 Å². The molecule has 0 aliphatic rings. The van der Waals surface area contributed by atoms with Crippen molar-refractivity contribution in [2.75, 3.05) is 7.11 Å². The topological polar surface area (TPSA) is 78.5 Å². The van der Waals surface area contributed by atoms with Gasteiger partial charge in [0, 0.05) is 0 Å². The minimum Gasteiger partial charge on any atom is -0.468 e. The van der Waals surface area contributed by atoms with Gasteiger partial charge in [-0.05, 0) is 19.1 Å². The normalized spacial score (nSPS) is 10.6. The zero-order chi connectivity index (χ0) is 13.3. The Hall–Kier alpha value is -2.37. The molecule has 0 saturated heterocycles. The van der Waals surface area contributed by atoms with Crippen molar-refractivity contribution in [3.8, 4) is 0 Å². The van der Waals surface area contributed by atoms with E-state index >= 15 is 0 Å². The second kappa shape index (κ2) is 4.48. The maximum Gasteiger partial charge on any atom is 0.422 e. The van der Waals surface area contributed by atoms with E-state index in [0.29, 0.717) is 5.52 Å². The van der Waals surface area contributed by atoms with Crippen molar-refractivity contribution in [3.63, 3.8) is 0 Å². The highest BCUT2D eigenvalue weighted by molar-refractivity contribution is 5.80. The summed E-state index contributed by atoms with van der Waals surface area (Å²) < 4.78 is 10.1. The fraction of sp³-hybridized carbons (Fsp3) is 0.250. The Kier molecular flexibility index (Phi) is 3.01. The van der Waals surface area contributed by atoms with Crippen LogP contribution in [0.25, 0.3) is 10.9 Å². The van der Waals surface area contributed by atoms with Gasteiger partial charge in [-0.2, -0.15) is 0 Å². The number of hydrogen-bond acceptors (Lipinski definition) is 5. The van der Waals surface area contributed by atoms with Crippen LogP contribution in [0.5, 0.6) is 0 Å². The molecule has 0 amide bonds. The van der Waals surface area contributed by atoms with Crippen LogP contribution in [0.4, 0.5) is 0 Å². The molecule has 2 aromatic rings. The number of nitrogens with zero attached hydrogens (tertiary/aromatic N) is 1. The number of esters is 1. The largest absolute Gasteiger partial charge is 0.468 e. The van der Waals surface area contributed by atoms with Gasteiger partial charge in [0.05, 0.1) is 18.0 Å². The summed E-state index contributed by atoms with van der Waals surface area (Å²) in [5, 5.41) is 0.263. The summed E-state index contributed by atoms with van der Waals surface area (Å²) >= 11 is 0. The second-order valence-corrected chi connectivity index (χ2v) is 3.84. The first kappa shape index (κ1) is 12.1. The van der Waals surface area contributed by atoms with Gasteiger partial charge in [0.1, 0.15) is 6.54 Å². The molecule has 0 atom stereocenters. The molecule has 0 aliphatic carbocycles. The summed E-state index contributed by atoms with van der Waals surface area (Å²) in [6.07, 6.45) is 0. The van der Waals surface area contributed by atoms with E-state index < -0.39 is 17.4 Å². The van der Waals surface area contributed by atoms with Crippen LogP contribution in [-0.4, -0.2) is 17.6 Å². The fourth-order valence-corrected chi connectivity index (χ4v) is 1.68. The Morgan fingerprint density at radius 2 is 2.11 bits per heavy atom. The van der Waals surface area contributed by atoms with Crippen molar-refractivity contribution in [2.24, 2.45) is 0 Å². The van der Waals surface area contributed by atoms with E-state index in [0.717, 1.165) is 10.1 Å². The number of ether oxygens (including phenoxy) is 1. The van der Waals surface area contributed by atoms with E-state index in [1.54, 1.807) is 18.2 Å². The first-order valence-electron chi connectivity index (χ1n) is 5.24. The maximum absolute atomic E-state index is 11.6. The van der Waals surface area contributed by atoms with Crippen molar-refractivity contribution in [2.45, 2.75) is 13.5 Å². The fourth-order valence-electron chi connectivity index (χ4n) is 1.68. The van der Waals surface area contributed by atoms with Gasteiger partial charge >= 0.3 is 17.4 Å². The molecular formula is C12H11NO5. The van der Waals surface area contributed by atoms with Gasteiger partial charge in [-0.15, -0.1) is 0 Å². The van der Waals surface area contributed by atoms with Gasteiger partial charge in [0.15, 0.2) is 0 Å². The number of rotatable bonds is 2. The monoisotopic (exact) mass is 249 g/mol. The zero-order valence-electron chi connectivity index (χ0n) is 9.93. The molecule has 1 aromatic heterocycles. The number of methoxy groups -OCH3 is 1. The second-order valence-electron chi connectivity index (χ2n) is 3.84. The Morgan fingerprint density at radius 3 is 2.78 bits per heavy atom. The number of benzene rings is 1. The molecular weight excluding hydrogens is 238 g/mol. The molecule has 0 unspecified atom stereocenters. The summed E-state index contributed by atoms with van der Waals surface area (Å²) in [6.45, 7) is 1.52. The summed E-state index contributed by atoms with van der Waals surface area (Å²) in [6, 6.07) is 4.95. The summed E-state index contributed by atoms with van der Waals surface area (Å²) in [4.78, 5) is 34.4. The van der Waals surface area contributed by atoms with Gasteiger partial charge in [-0.3, -0.25) is 9.36 Å². The van der Waals surface area contributed by atoms with Crippen molar-refractivity contribution in [1.29, 1.82) is 0 Å². The van der Waals surface area contributed by atoms with Crippen LogP contribution >= 0.6 is 0 Å². The Balaban J connectivity index is 2.76. The quantitative estimate of drug-likeness (QED) is 0.721. The van der Waals surface area contributed by atoms with Crippen molar-refractivity contribution in [3.05, 3.63) is 44.7 Å². The number of aryl methyl sites for hydroxylation is 1. The zero-order valence-corrected chi connectivity index (χ0v) is 9.93. The van der Waals surface area contributed by atoms with Gasteiger partial charge in [-0.25, -0.2) is 9.59 Å². The summed E-state index contributed by atoms with van der Waals surface area (Å²) in [5.41, 5.74) is 0.505. The van der Waals surface area contributed by atoms with Gasteiger partial charge in [0.25, 0.3) is 0 Å². The van der Waals surface area contributed by atoms with Gasteiger partial charge < -0.3 is 9.15 Å². The number of carbonyl (C=O) groups excluding carboxylic acids is 1. The van der Waals surface area contributed by atoms with Crippen LogP contribution < -0.4 is 11.4 Å². The highest BCUT2D eigenvalue weighted by Crippen LogP contribution is 2.10. The van der Waals surface area contributed by atoms with Crippen LogP contribution in [0.3, 0.4) is 0 Å². The molecule has 0 spiro atoms. The van der Waals surface area contributed by atoms with E-state index in [9.17, 15) is 14.4 Å². The van der Waals surface area contributed by atoms with Crippen molar-refractivity contribution in [1.82, 2.24) is 4.57 Å². The third-order valence-corrected chi connectivity index (χ3v) is 2.58. The predicted octanol–water partition coefficient (Wildman–Crippen LogP) is 0.436. The van der Waals surface area contributed by atoms with Gasteiger partial charge in [0.2, 0.25) is 0 Å². The third-order valence-electron chi connectivity index (χ3n) is 2.58. The molecule has 1 heterocycles. The summed E-state index contributed by atoms with van der Waals surface area (Å²) in [7, 11) is 1.22. The first-order valence-corrected chi connectivity index (χ1v) is 5.24. The molecule has 0 fully saturated rings. The lowest BCUT2D eigenvalue weighted by molar-refractivity contribution is -0.141. The lowest BCUT2D eigenvalue weighted by Gasteiger charge is -2.07. The third kappa shape index (κ3) is 2.04. The first-order chi connectivity index (χ1) is 8.52. The minimum absolute atomic E-state index is 0.263. The maximum atomic E-state index is 11.6. The number of fused-ring (bicyclic) bond motifs is 1. The summed E-state index contributed by atoms with van der Waals surface area (Å²) in [5.74, 6) is -1.46. The Morgan fingerprint density at radius 1 is 1.39 bits per heavy atom. The molecule has 0 N–H and O–H groups in total. The predicted molar refractivity (Wildman–Crippen MR) is 63.5 cm³/mol. The smallest absolute Gasteiger partial charge is 0.422 e. The Bertz CT molecular complexity index is 725. The van der Waals surface area contributed by atoms with Crippen LogP contribution in [0, 0.1) is 6.92 Å². The lowest BCUT2D eigenvalue weighted by Crippen LogP contribution is -2.28. The van der Waals surface area contributed by atoms with E-state index in [4.69, 9.17) is 0 Å². The van der Waals surface area contributed by atoms with Crippen LogP contribution in [0.1, 0.15) is 5.56 Å². The minimum atomic E-state index is -0.873. The van der Waals surface area contributed by atoms with E-state index in [-0.39, 0.29) is 11.9 Å². The number of carbonyl (C=O) groups is 1. The van der Waals surface area contributed by atoms with Crippen LogP contribution in [0.15, 0.2) is 32.2 Å².